The molecular weight excluding hydrogens is 252 g/mol. The van der Waals surface area contributed by atoms with E-state index in [9.17, 15) is 18.0 Å². The molecule has 0 atom stereocenters. The quantitative estimate of drug-likeness (QED) is 0.707. The Morgan fingerprint density at radius 3 is 2.65 bits per heavy atom. The minimum atomic E-state index is -3.16. The third-order valence-corrected chi connectivity index (χ3v) is 2.66. The molecule has 0 fully saturated rings. The largest absolute Gasteiger partial charge is 0.475 e. The Kier molecular flexibility index (Phi) is 3.84. The molecule has 0 aliphatic heterocycles. The molecule has 0 aliphatic rings. The van der Waals surface area contributed by atoms with Crippen molar-refractivity contribution in [3.63, 3.8) is 0 Å². The molecule has 9 heteroatoms. The number of carbonyl (C=O) groups is 2. The summed E-state index contributed by atoms with van der Waals surface area (Å²) in [4.78, 5) is 21.8. The molecule has 0 spiro atoms. The van der Waals surface area contributed by atoms with E-state index in [1.807, 2.05) is 0 Å². The fraction of sp³-hybridized carbons (Fsp3) is 0.375. The molecule has 0 radical (unpaired) electrons. The van der Waals surface area contributed by atoms with Gasteiger partial charge >= 0.3 is 5.97 Å². The first kappa shape index (κ1) is 13.2. The van der Waals surface area contributed by atoms with Crippen LogP contribution in [0.3, 0.4) is 0 Å². The summed E-state index contributed by atoms with van der Waals surface area (Å²) in [6.45, 7) is -0.0765. The lowest BCUT2D eigenvalue weighted by atomic mass is 10.3. The van der Waals surface area contributed by atoms with Crippen LogP contribution in [-0.2, 0) is 9.84 Å². The molecule has 1 rings (SSSR count). The predicted octanol–water partition coefficient (Wildman–Crippen LogP) is -0.853. The van der Waals surface area contributed by atoms with Crippen LogP contribution in [0.15, 0.2) is 10.6 Å². The highest BCUT2D eigenvalue weighted by Gasteiger charge is 2.16. The number of nitrogens with one attached hydrogen (secondary N) is 1. The van der Waals surface area contributed by atoms with Gasteiger partial charge in [0.25, 0.3) is 5.91 Å². The lowest BCUT2D eigenvalue weighted by molar-refractivity contribution is 0.0651. The van der Waals surface area contributed by atoms with Crippen LogP contribution in [0, 0.1) is 0 Å². The summed E-state index contributed by atoms with van der Waals surface area (Å²) in [7, 11) is -3.16. The van der Waals surface area contributed by atoms with E-state index >= 15 is 0 Å². The fourth-order valence-corrected chi connectivity index (χ4v) is 1.40. The van der Waals surface area contributed by atoms with E-state index in [2.05, 4.69) is 15.0 Å². The van der Waals surface area contributed by atoms with E-state index in [0.29, 0.717) is 0 Å². The maximum Gasteiger partial charge on any atom is 0.374 e. The highest BCUT2D eigenvalue weighted by molar-refractivity contribution is 7.90. The Labute approximate surface area is 96.5 Å². The van der Waals surface area contributed by atoms with Crippen LogP contribution < -0.4 is 5.32 Å². The smallest absolute Gasteiger partial charge is 0.374 e. The van der Waals surface area contributed by atoms with E-state index in [1.165, 1.54) is 0 Å². The van der Waals surface area contributed by atoms with E-state index in [4.69, 9.17) is 5.11 Å². The number of aromatic nitrogens is 1. The van der Waals surface area contributed by atoms with Gasteiger partial charge in [0.05, 0.1) is 5.75 Å². The zero-order chi connectivity index (χ0) is 13.1. The minimum absolute atomic E-state index is 0.0765. The van der Waals surface area contributed by atoms with Crippen molar-refractivity contribution >= 4 is 21.7 Å². The molecule has 0 aromatic carbocycles. The van der Waals surface area contributed by atoms with Gasteiger partial charge in [0.1, 0.15) is 9.84 Å². The lowest BCUT2D eigenvalue weighted by Gasteiger charge is -2.00. The monoisotopic (exact) mass is 262 g/mol. The minimum Gasteiger partial charge on any atom is -0.475 e. The van der Waals surface area contributed by atoms with Crippen LogP contribution >= 0.6 is 0 Å². The molecule has 0 bridgehead atoms. The first-order valence-electron chi connectivity index (χ1n) is 4.45. The van der Waals surface area contributed by atoms with Gasteiger partial charge in [0, 0.05) is 18.9 Å². The summed E-state index contributed by atoms with van der Waals surface area (Å²) >= 11 is 0. The fourth-order valence-electron chi connectivity index (χ4n) is 0.924. The molecule has 94 valence electrons. The van der Waals surface area contributed by atoms with Crippen molar-refractivity contribution in [3.05, 3.63) is 17.5 Å². The third kappa shape index (κ3) is 4.23. The number of nitrogens with zero attached hydrogens (tertiary/aromatic N) is 1. The van der Waals surface area contributed by atoms with E-state index in [-0.39, 0.29) is 18.0 Å². The van der Waals surface area contributed by atoms with Crippen LogP contribution in [0.1, 0.15) is 21.0 Å². The van der Waals surface area contributed by atoms with Crippen molar-refractivity contribution in [1.82, 2.24) is 10.5 Å². The highest BCUT2D eigenvalue weighted by Crippen LogP contribution is 2.02. The van der Waals surface area contributed by atoms with Crippen molar-refractivity contribution in [2.75, 3.05) is 18.6 Å². The highest BCUT2D eigenvalue weighted by atomic mass is 32.2. The first-order chi connectivity index (χ1) is 7.79. The number of aromatic carboxylic acids is 1. The number of carboxylic acid groups (broad SMARTS) is 1. The lowest BCUT2D eigenvalue weighted by Crippen LogP contribution is -2.28. The van der Waals surface area contributed by atoms with Gasteiger partial charge in [0.15, 0.2) is 5.69 Å². The maximum atomic E-state index is 11.3. The average molecular weight is 262 g/mol. The molecular formula is C8H10N2O6S. The van der Waals surface area contributed by atoms with Gasteiger partial charge in [0.2, 0.25) is 5.76 Å². The molecule has 1 heterocycles. The molecule has 0 unspecified atom stereocenters. The molecule has 1 amide bonds. The second-order valence-corrected chi connectivity index (χ2v) is 5.53. The number of rotatable bonds is 5. The number of carbonyl (C=O) groups excluding carboxylic acids is 1. The molecule has 0 aliphatic carbocycles. The number of hydrogen-bond acceptors (Lipinski definition) is 6. The van der Waals surface area contributed by atoms with Crippen LogP contribution in [0.4, 0.5) is 0 Å². The van der Waals surface area contributed by atoms with Gasteiger partial charge < -0.3 is 14.9 Å². The van der Waals surface area contributed by atoms with Gasteiger partial charge in [-0.3, -0.25) is 4.79 Å². The molecule has 2 N–H and O–H groups in total. The Balaban J connectivity index is 2.55. The van der Waals surface area contributed by atoms with E-state index < -0.39 is 27.5 Å². The van der Waals surface area contributed by atoms with Gasteiger partial charge in [-0.15, -0.1) is 0 Å². The maximum absolute atomic E-state index is 11.3. The Hall–Kier alpha value is -1.90. The van der Waals surface area contributed by atoms with Gasteiger partial charge in [-0.05, 0) is 0 Å². The normalized spacial score (nSPS) is 11.1. The SMILES string of the molecule is CS(=O)(=O)CCNC(=O)c1cc(C(=O)O)on1. The van der Waals surface area contributed by atoms with Gasteiger partial charge in [-0.25, -0.2) is 13.2 Å². The summed E-state index contributed by atoms with van der Waals surface area (Å²) in [6.07, 6.45) is 1.04. The van der Waals surface area contributed by atoms with Crippen molar-refractivity contribution in [2.45, 2.75) is 0 Å². The van der Waals surface area contributed by atoms with Crippen molar-refractivity contribution in [2.24, 2.45) is 0 Å². The molecule has 17 heavy (non-hydrogen) atoms. The second-order valence-electron chi connectivity index (χ2n) is 3.27. The summed E-state index contributed by atoms with van der Waals surface area (Å²) in [6, 6.07) is 0.956. The Morgan fingerprint density at radius 1 is 1.53 bits per heavy atom. The molecule has 0 saturated carbocycles. The summed E-state index contributed by atoms with van der Waals surface area (Å²) in [5.74, 6) is -2.70. The predicted molar refractivity (Wildman–Crippen MR) is 55.5 cm³/mol. The molecule has 1 aromatic rings. The zero-order valence-electron chi connectivity index (χ0n) is 8.84. The summed E-state index contributed by atoms with van der Waals surface area (Å²) < 4.78 is 25.9. The molecule has 1 aromatic heterocycles. The number of carboxylic acids is 1. The van der Waals surface area contributed by atoms with Crippen LogP contribution in [0.25, 0.3) is 0 Å². The first-order valence-corrected chi connectivity index (χ1v) is 6.51. The second kappa shape index (κ2) is 4.95. The van der Waals surface area contributed by atoms with Crippen LogP contribution in [0.2, 0.25) is 0 Å². The summed E-state index contributed by atoms with van der Waals surface area (Å²) in [5, 5.41) is 14.0. The van der Waals surface area contributed by atoms with Gasteiger partial charge in [-0.2, -0.15) is 0 Å². The van der Waals surface area contributed by atoms with Gasteiger partial charge in [-0.1, -0.05) is 5.16 Å². The van der Waals surface area contributed by atoms with Crippen molar-refractivity contribution in [1.29, 1.82) is 0 Å². The Bertz CT molecular complexity index is 532. The molecule has 8 nitrogen and oxygen atoms in total. The number of amides is 1. The third-order valence-electron chi connectivity index (χ3n) is 1.71. The van der Waals surface area contributed by atoms with E-state index in [1.54, 1.807) is 0 Å². The molecule has 0 saturated heterocycles. The topological polar surface area (TPSA) is 127 Å². The average Bonchev–Trinajstić information content (AvgIpc) is 2.63. The van der Waals surface area contributed by atoms with E-state index in [0.717, 1.165) is 12.3 Å². The van der Waals surface area contributed by atoms with Crippen molar-refractivity contribution in [3.8, 4) is 0 Å². The zero-order valence-corrected chi connectivity index (χ0v) is 9.65. The standard InChI is InChI=1S/C8H10N2O6S/c1-17(14,15)3-2-9-7(11)5-4-6(8(12)13)16-10-5/h4H,2-3H2,1H3,(H,9,11)(H,12,13). The van der Waals surface area contributed by atoms with Crippen molar-refractivity contribution < 1.29 is 27.6 Å². The van der Waals surface area contributed by atoms with Crippen LogP contribution in [0.5, 0.6) is 0 Å². The summed E-state index contributed by atoms with van der Waals surface area (Å²) in [5.41, 5.74) is -0.212. The Morgan fingerprint density at radius 2 is 2.18 bits per heavy atom. The number of sulfone groups is 1. The van der Waals surface area contributed by atoms with Crippen LogP contribution in [-0.4, -0.2) is 49.1 Å². The number of hydrogen-bond donors (Lipinski definition) is 2.